The highest BCUT2D eigenvalue weighted by atomic mass is 32.2. The van der Waals surface area contributed by atoms with Crippen molar-refractivity contribution in [3.8, 4) is 0 Å². The molecule has 0 aliphatic carbocycles. The first-order chi connectivity index (χ1) is 8.28. The smallest absolute Gasteiger partial charge is 0.188 e. The van der Waals surface area contributed by atoms with Gasteiger partial charge in [0.25, 0.3) is 0 Å². The molecule has 88 valence electrons. The van der Waals surface area contributed by atoms with Crippen LogP contribution in [0, 0.1) is 6.92 Å². The van der Waals surface area contributed by atoms with Crippen molar-refractivity contribution in [3.63, 3.8) is 0 Å². The van der Waals surface area contributed by atoms with Crippen molar-refractivity contribution in [1.82, 2.24) is 9.97 Å². The predicted octanol–water partition coefficient (Wildman–Crippen LogP) is 3.64. The second kappa shape index (κ2) is 5.82. The average Bonchev–Trinajstić information content (AvgIpc) is 2.37. The molecule has 0 aliphatic heterocycles. The zero-order valence-electron chi connectivity index (χ0n) is 10.2. The summed E-state index contributed by atoms with van der Waals surface area (Å²) < 4.78 is 0. The number of thioether (sulfide) groups is 1. The van der Waals surface area contributed by atoms with E-state index in [-0.39, 0.29) is 0 Å². The lowest BCUT2D eigenvalue weighted by Gasteiger charge is -2.04. The second-order valence-electron chi connectivity index (χ2n) is 3.91. The maximum absolute atomic E-state index is 4.52. The summed E-state index contributed by atoms with van der Waals surface area (Å²) in [4.78, 5) is 8.97. The Bertz CT molecular complexity index is 483. The van der Waals surface area contributed by atoms with Crippen LogP contribution in [0.15, 0.2) is 41.6 Å². The average molecular weight is 244 g/mol. The van der Waals surface area contributed by atoms with E-state index in [1.807, 2.05) is 19.1 Å². The molecule has 2 rings (SSSR count). The minimum Gasteiger partial charge on any atom is -0.228 e. The number of rotatable bonds is 4. The van der Waals surface area contributed by atoms with Gasteiger partial charge in [-0.05, 0) is 25.0 Å². The molecular formula is C14H16N2S. The maximum Gasteiger partial charge on any atom is 0.188 e. The third kappa shape index (κ3) is 3.56. The van der Waals surface area contributed by atoms with E-state index in [2.05, 4.69) is 41.2 Å². The predicted molar refractivity (Wildman–Crippen MR) is 72.2 cm³/mol. The van der Waals surface area contributed by atoms with E-state index in [1.54, 1.807) is 11.8 Å². The van der Waals surface area contributed by atoms with Gasteiger partial charge in [-0.2, -0.15) is 0 Å². The van der Waals surface area contributed by atoms with Gasteiger partial charge in [-0.1, -0.05) is 49.0 Å². The number of hydrogen-bond donors (Lipinski definition) is 0. The second-order valence-corrected chi connectivity index (χ2v) is 4.85. The van der Waals surface area contributed by atoms with E-state index < -0.39 is 0 Å². The van der Waals surface area contributed by atoms with Crippen molar-refractivity contribution in [3.05, 3.63) is 53.3 Å². The van der Waals surface area contributed by atoms with Gasteiger partial charge in [-0.3, -0.25) is 0 Å². The minimum atomic E-state index is 0.880. The van der Waals surface area contributed by atoms with Gasteiger partial charge in [0.1, 0.15) is 0 Å². The van der Waals surface area contributed by atoms with Crippen LogP contribution in [0.3, 0.4) is 0 Å². The van der Waals surface area contributed by atoms with Crippen molar-refractivity contribution in [2.45, 2.75) is 31.2 Å². The third-order valence-electron chi connectivity index (χ3n) is 2.46. The van der Waals surface area contributed by atoms with Crippen LogP contribution in [0.1, 0.15) is 23.9 Å². The molecule has 1 aromatic carbocycles. The molecule has 0 N–H and O–H groups in total. The van der Waals surface area contributed by atoms with Crippen LogP contribution >= 0.6 is 11.8 Å². The Morgan fingerprint density at radius 3 is 2.59 bits per heavy atom. The Hall–Kier alpha value is -1.35. The minimum absolute atomic E-state index is 0.880. The summed E-state index contributed by atoms with van der Waals surface area (Å²) in [6.45, 7) is 4.14. The van der Waals surface area contributed by atoms with Gasteiger partial charge in [0.2, 0.25) is 0 Å². The van der Waals surface area contributed by atoms with Crippen LogP contribution in [-0.4, -0.2) is 9.97 Å². The summed E-state index contributed by atoms with van der Waals surface area (Å²) in [6.07, 6.45) is 0.961. The number of nitrogens with zero attached hydrogens (tertiary/aromatic N) is 2. The molecular weight excluding hydrogens is 228 g/mol. The SMILES string of the molecule is CCc1cc(C)nc(SCc2ccccc2)n1. The van der Waals surface area contributed by atoms with Gasteiger partial charge in [0.05, 0.1) is 0 Å². The largest absolute Gasteiger partial charge is 0.228 e. The highest BCUT2D eigenvalue weighted by Gasteiger charge is 2.02. The molecule has 3 heteroatoms. The fourth-order valence-electron chi connectivity index (χ4n) is 1.57. The molecule has 0 saturated carbocycles. The lowest BCUT2D eigenvalue weighted by Crippen LogP contribution is -1.95. The summed E-state index contributed by atoms with van der Waals surface area (Å²) in [5.74, 6) is 0.924. The zero-order valence-corrected chi connectivity index (χ0v) is 11.0. The highest BCUT2D eigenvalue weighted by Crippen LogP contribution is 2.19. The summed E-state index contributed by atoms with van der Waals surface area (Å²) in [5, 5.41) is 0.880. The van der Waals surface area contributed by atoms with Crippen molar-refractivity contribution < 1.29 is 0 Å². The standard InChI is InChI=1S/C14H16N2S/c1-3-13-9-11(2)15-14(16-13)17-10-12-7-5-4-6-8-12/h4-9H,3,10H2,1-2H3. The van der Waals surface area contributed by atoms with E-state index in [0.29, 0.717) is 0 Å². The molecule has 0 radical (unpaired) electrons. The van der Waals surface area contributed by atoms with Gasteiger partial charge < -0.3 is 0 Å². The lowest BCUT2D eigenvalue weighted by atomic mass is 10.2. The Kier molecular flexibility index (Phi) is 4.15. The van der Waals surface area contributed by atoms with E-state index in [4.69, 9.17) is 0 Å². The molecule has 1 aromatic heterocycles. The van der Waals surface area contributed by atoms with Crippen LogP contribution in [0.5, 0.6) is 0 Å². The fraction of sp³-hybridized carbons (Fsp3) is 0.286. The topological polar surface area (TPSA) is 25.8 Å². The van der Waals surface area contributed by atoms with Crippen LogP contribution in [0.2, 0.25) is 0 Å². The zero-order chi connectivity index (χ0) is 12.1. The monoisotopic (exact) mass is 244 g/mol. The molecule has 0 bridgehead atoms. The Balaban J connectivity index is 2.06. The molecule has 0 aliphatic rings. The highest BCUT2D eigenvalue weighted by molar-refractivity contribution is 7.98. The summed E-state index contributed by atoms with van der Waals surface area (Å²) >= 11 is 1.69. The van der Waals surface area contributed by atoms with Gasteiger partial charge in [0.15, 0.2) is 5.16 Å². The number of benzene rings is 1. The summed E-state index contributed by atoms with van der Waals surface area (Å²) in [6, 6.07) is 12.5. The van der Waals surface area contributed by atoms with Crippen molar-refractivity contribution in [1.29, 1.82) is 0 Å². The van der Waals surface area contributed by atoms with Crippen molar-refractivity contribution in [2.75, 3.05) is 0 Å². The number of aryl methyl sites for hydroxylation is 2. The molecule has 0 fully saturated rings. The van der Waals surface area contributed by atoms with Crippen molar-refractivity contribution in [2.24, 2.45) is 0 Å². The van der Waals surface area contributed by atoms with Crippen LogP contribution in [0.4, 0.5) is 0 Å². The summed E-state index contributed by atoms with van der Waals surface area (Å²) in [5.41, 5.74) is 3.47. The normalized spacial score (nSPS) is 10.5. The first-order valence-corrected chi connectivity index (χ1v) is 6.78. The molecule has 0 unspecified atom stereocenters. The molecule has 17 heavy (non-hydrogen) atoms. The molecule has 0 saturated heterocycles. The van der Waals surface area contributed by atoms with Crippen LogP contribution in [0.25, 0.3) is 0 Å². The molecule has 2 aromatic rings. The first-order valence-electron chi connectivity index (χ1n) is 5.79. The maximum atomic E-state index is 4.52. The number of hydrogen-bond acceptors (Lipinski definition) is 3. The van der Waals surface area contributed by atoms with E-state index in [1.165, 1.54) is 5.56 Å². The van der Waals surface area contributed by atoms with Crippen LogP contribution in [-0.2, 0) is 12.2 Å². The lowest BCUT2D eigenvalue weighted by molar-refractivity contribution is 0.866. The molecule has 0 spiro atoms. The van der Waals surface area contributed by atoms with E-state index >= 15 is 0 Å². The van der Waals surface area contributed by atoms with Gasteiger partial charge in [-0.15, -0.1) is 0 Å². The van der Waals surface area contributed by atoms with Gasteiger partial charge >= 0.3 is 0 Å². The molecule has 2 nitrogen and oxygen atoms in total. The molecule has 1 heterocycles. The third-order valence-corrected chi connectivity index (χ3v) is 3.38. The van der Waals surface area contributed by atoms with Gasteiger partial charge in [-0.25, -0.2) is 9.97 Å². The van der Waals surface area contributed by atoms with Crippen LogP contribution < -0.4 is 0 Å². The molecule has 0 amide bonds. The van der Waals surface area contributed by atoms with Crippen molar-refractivity contribution >= 4 is 11.8 Å². The van der Waals surface area contributed by atoms with Gasteiger partial charge in [0, 0.05) is 17.1 Å². The Morgan fingerprint density at radius 2 is 1.88 bits per heavy atom. The Labute approximate surface area is 107 Å². The van der Waals surface area contributed by atoms with E-state index in [9.17, 15) is 0 Å². The Morgan fingerprint density at radius 1 is 1.12 bits per heavy atom. The summed E-state index contributed by atoms with van der Waals surface area (Å²) in [7, 11) is 0. The fourth-order valence-corrected chi connectivity index (χ4v) is 2.45. The molecule has 0 atom stereocenters. The van der Waals surface area contributed by atoms with E-state index in [0.717, 1.165) is 28.7 Å². The quantitative estimate of drug-likeness (QED) is 0.606. The first kappa shape index (κ1) is 12.1. The number of aromatic nitrogens is 2.